The van der Waals surface area contributed by atoms with Gasteiger partial charge in [-0.2, -0.15) is 13.2 Å². The van der Waals surface area contributed by atoms with Crippen LogP contribution >= 0.6 is 0 Å². The zero-order chi connectivity index (χ0) is 27.0. The van der Waals surface area contributed by atoms with E-state index in [1.807, 2.05) is 26.0 Å². The lowest BCUT2D eigenvalue weighted by Crippen LogP contribution is -2.53. The fourth-order valence-corrected chi connectivity index (χ4v) is 5.51. The van der Waals surface area contributed by atoms with Gasteiger partial charge >= 0.3 is 6.18 Å². The minimum absolute atomic E-state index is 0.0277. The van der Waals surface area contributed by atoms with E-state index >= 15 is 0 Å². The van der Waals surface area contributed by atoms with Crippen molar-refractivity contribution < 1.29 is 13.2 Å². The second kappa shape index (κ2) is 10.3. The molecular formula is C28H32F3N7. The van der Waals surface area contributed by atoms with Gasteiger partial charge in [0, 0.05) is 54.5 Å². The summed E-state index contributed by atoms with van der Waals surface area (Å²) < 4.78 is 42.8. The molecule has 0 amide bonds. The van der Waals surface area contributed by atoms with E-state index in [4.69, 9.17) is 10.8 Å². The van der Waals surface area contributed by atoms with Crippen molar-refractivity contribution in [3.8, 4) is 0 Å². The third-order valence-corrected chi connectivity index (χ3v) is 7.36. The number of hydrogen-bond donors (Lipinski definition) is 3. The summed E-state index contributed by atoms with van der Waals surface area (Å²) in [7, 11) is 0. The summed E-state index contributed by atoms with van der Waals surface area (Å²) >= 11 is 0. The summed E-state index contributed by atoms with van der Waals surface area (Å²) in [5.41, 5.74) is 9.21. The fraction of sp³-hybridized carbons (Fsp3) is 0.357. The van der Waals surface area contributed by atoms with Crippen molar-refractivity contribution >= 4 is 23.0 Å². The minimum atomic E-state index is -4.38. The van der Waals surface area contributed by atoms with Crippen molar-refractivity contribution in [3.63, 3.8) is 0 Å². The number of benzene rings is 2. The van der Waals surface area contributed by atoms with Gasteiger partial charge in [-0.25, -0.2) is 9.97 Å². The molecule has 3 heterocycles. The number of nitrogens with two attached hydrogens (primary N) is 1. The Bertz CT molecular complexity index is 1300. The molecule has 1 fully saturated rings. The predicted molar refractivity (Wildman–Crippen MR) is 143 cm³/mol. The topological polar surface area (TPSA) is 82.3 Å². The van der Waals surface area contributed by atoms with Crippen LogP contribution in [0.15, 0.2) is 55.2 Å². The Morgan fingerprint density at radius 3 is 2.42 bits per heavy atom. The number of hydrogen-bond acceptors (Lipinski definition) is 7. The quantitative estimate of drug-likeness (QED) is 0.291. The SMILES string of the molecule is C=C(c1ccc(NN)cc1)N1CCC(N2Cc3cnc(Nc4cc(C)cc(C)c4)nc3C2)CC1C(F)(F)F. The van der Waals surface area contributed by atoms with Crippen LogP contribution < -0.4 is 16.6 Å². The van der Waals surface area contributed by atoms with Gasteiger partial charge in [0.1, 0.15) is 6.04 Å². The van der Waals surface area contributed by atoms with Crippen LogP contribution in [0.5, 0.6) is 0 Å². The van der Waals surface area contributed by atoms with Crippen molar-refractivity contribution in [1.29, 1.82) is 0 Å². The van der Waals surface area contributed by atoms with Gasteiger partial charge in [-0.15, -0.1) is 0 Å². The summed E-state index contributed by atoms with van der Waals surface area (Å²) in [5.74, 6) is 5.90. The van der Waals surface area contributed by atoms with Gasteiger partial charge in [0.05, 0.1) is 5.69 Å². The Labute approximate surface area is 220 Å². The zero-order valence-corrected chi connectivity index (χ0v) is 21.5. The summed E-state index contributed by atoms with van der Waals surface area (Å²) in [6, 6.07) is 11.2. The standard InChI is InChI=1S/C28H32F3N7/c1-17-10-18(2)12-23(11-17)34-27-33-14-21-15-37(16-25(21)35-27)24-8-9-38(26(13-24)28(29,30)31)19(3)20-4-6-22(36-32)7-5-20/h4-7,10-12,14,24,26,36H,3,8-9,13,15-16,32H2,1-2H3,(H,33,34,35). The van der Waals surface area contributed by atoms with E-state index in [-0.39, 0.29) is 19.0 Å². The summed E-state index contributed by atoms with van der Waals surface area (Å²) in [6.45, 7) is 9.39. The molecule has 2 aromatic carbocycles. The average molecular weight is 524 g/mol. The number of nitrogens with zero attached hydrogens (tertiary/aromatic N) is 4. The van der Waals surface area contributed by atoms with Crippen molar-refractivity contribution in [2.75, 3.05) is 17.3 Å². The Hall–Kier alpha value is -3.63. The first-order valence-corrected chi connectivity index (χ1v) is 12.6. The van der Waals surface area contributed by atoms with E-state index in [9.17, 15) is 13.2 Å². The van der Waals surface area contributed by atoms with Crippen molar-refractivity contribution in [1.82, 2.24) is 19.8 Å². The predicted octanol–water partition coefficient (Wildman–Crippen LogP) is 5.50. The highest BCUT2D eigenvalue weighted by Crippen LogP contribution is 2.39. The number of likely N-dealkylation sites (tertiary alicyclic amines) is 1. The normalized spacial score (nSPS) is 19.8. The average Bonchev–Trinajstić information content (AvgIpc) is 3.30. The molecule has 7 nitrogen and oxygen atoms in total. The molecule has 10 heteroatoms. The van der Waals surface area contributed by atoms with Gasteiger partial charge in [0.15, 0.2) is 0 Å². The van der Waals surface area contributed by atoms with Gasteiger partial charge in [0.25, 0.3) is 0 Å². The molecule has 0 radical (unpaired) electrons. The third-order valence-electron chi connectivity index (χ3n) is 7.36. The van der Waals surface area contributed by atoms with Gasteiger partial charge in [-0.05, 0) is 67.6 Å². The monoisotopic (exact) mass is 523 g/mol. The number of aryl methyl sites for hydroxylation is 2. The summed E-state index contributed by atoms with van der Waals surface area (Å²) in [4.78, 5) is 12.6. The van der Waals surface area contributed by atoms with E-state index in [0.29, 0.717) is 42.4 Å². The lowest BCUT2D eigenvalue weighted by atomic mass is 9.93. The van der Waals surface area contributed by atoms with Crippen LogP contribution in [-0.2, 0) is 13.1 Å². The Morgan fingerprint density at radius 2 is 1.76 bits per heavy atom. The molecule has 0 saturated carbocycles. The highest BCUT2D eigenvalue weighted by molar-refractivity contribution is 5.64. The highest BCUT2D eigenvalue weighted by atomic mass is 19.4. The molecule has 2 aliphatic heterocycles. The van der Waals surface area contributed by atoms with Gasteiger partial charge in [0.2, 0.25) is 5.95 Å². The smallest absolute Gasteiger partial charge is 0.360 e. The Balaban J connectivity index is 1.28. The van der Waals surface area contributed by atoms with Crippen LogP contribution in [0.4, 0.5) is 30.5 Å². The van der Waals surface area contributed by atoms with Crippen molar-refractivity contribution in [2.24, 2.45) is 5.84 Å². The Morgan fingerprint density at radius 1 is 1.05 bits per heavy atom. The molecule has 2 aliphatic rings. The molecule has 4 N–H and O–H groups in total. The van der Waals surface area contributed by atoms with E-state index in [0.717, 1.165) is 28.1 Å². The number of rotatable bonds is 6. The number of anilines is 3. The molecule has 38 heavy (non-hydrogen) atoms. The van der Waals surface area contributed by atoms with E-state index in [1.165, 1.54) is 4.90 Å². The number of hydrazine groups is 1. The molecule has 5 rings (SSSR count). The number of piperidine rings is 1. The van der Waals surface area contributed by atoms with Crippen LogP contribution in [0.25, 0.3) is 5.70 Å². The summed E-state index contributed by atoms with van der Waals surface area (Å²) in [5, 5.41) is 3.26. The van der Waals surface area contributed by atoms with Crippen LogP contribution in [0, 0.1) is 13.8 Å². The van der Waals surface area contributed by atoms with Gasteiger partial charge in [-0.1, -0.05) is 24.8 Å². The van der Waals surface area contributed by atoms with Crippen molar-refractivity contribution in [2.45, 2.75) is 58.0 Å². The molecule has 3 aromatic rings. The molecule has 200 valence electrons. The molecule has 1 aromatic heterocycles. The third kappa shape index (κ3) is 5.46. The molecule has 2 atom stereocenters. The number of halogens is 3. The number of nitrogen functional groups attached to an aromatic ring is 1. The lowest BCUT2D eigenvalue weighted by Gasteiger charge is -2.45. The van der Waals surface area contributed by atoms with Gasteiger partial charge in [-0.3, -0.25) is 10.7 Å². The number of alkyl halides is 3. The molecule has 2 unspecified atom stereocenters. The zero-order valence-electron chi connectivity index (χ0n) is 21.5. The van der Waals surface area contributed by atoms with Crippen LogP contribution in [0.3, 0.4) is 0 Å². The fourth-order valence-electron chi connectivity index (χ4n) is 5.51. The maximum absolute atomic E-state index is 14.3. The van der Waals surface area contributed by atoms with Gasteiger partial charge < -0.3 is 15.6 Å². The maximum Gasteiger partial charge on any atom is 0.408 e. The molecule has 0 spiro atoms. The van der Waals surface area contributed by atoms with E-state index in [2.05, 4.69) is 33.3 Å². The lowest BCUT2D eigenvalue weighted by molar-refractivity contribution is -0.187. The molecule has 0 aliphatic carbocycles. The highest BCUT2D eigenvalue weighted by Gasteiger charge is 2.48. The van der Waals surface area contributed by atoms with Crippen LogP contribution in [0.2, 0.25) is 0 Å². The van der Waals surface area contributed by atoms with Crippen LogP contribution in [0.1, 0.15) is 40.8 Å². The molecule has 1 saturated heterocycles. The first kappa shape index (κ1) is 26.0. The second-order valence-electron chi connectivity index (χ2n) is 10.2. The van der Waals surface area contributed by atoms with Crippen molar-refractivity contribution in [3.05, 3.63) is 83.2 Å². The number of aromatic nitrogens is 2. The summed E-state index contributed by atoms with van der Waals surface area (Å²) in [6.07, 6.45) is -2.02. The minimum Gasteiger partial charge on any atom is -0.360 e. The van der Waals surface area contributed by atoms with E-state index in [1.54, 1.807) is 30.5 Å². The first-order valence-electron chi connectivity index (χ1n) is 12.6. The molecule has 0 bridgehead atoms. The Kier molecular flexibility index (Phi) is 7.02. The first-order chi connectivity index (χ1) is 18.1. The number of nitrogens with one attached hydrogen (secondary N) is 2. The maximum atomic E-state index is 14.3. The second-order valence-corrected chi connectivity index (χ2v) is 10.2. The van der Waals surface area contributed by atoms with Crippen LogP contribution in [-0.4, -0.2) is 44.6 Å². The largest absolute Gasteiger partial charge is 0.408 e. The van der Waals surface area contributed by atoms with E-state index < -0.39 is 12.2 Å². The molecular weight excluding hydrogens is 491 g/mol. The number of fused-ring (bicyclic) bond motifs is 1.